The molecule has 0 heterocycles. The summed E-state index contributed by atoms with van der Waals surface area (Å²) in [6, 6.07) is 0. The quantitative estimate of drug-likeness (QED) is 0.719. The van der Waals surface area contributed by atoms with E-state index in [2.05, 4.69) is 13.8 Å². The minimum Gasteiger partial charge on any atom is -0.458 e. The first-order valence-electron chi connectivity index (χ1n) is 11.5. The van der Waals surface area contributed by atoms with Crippen molar-refractivity contribution in [2.45, 2.75) is 91.1 Å². The molecule has 0 amide bonds. The fourth-order valence-electron chi connectivity index (χ4n) is 8.23. The van der Waals surface area contributed by atoms with Gasteiger partial charge in [0.1, 0.15) is 6.61 Å². The van der Waals surface area contributed by atoms with E-state index in [4.69, 9.17) is 4.74 Å². The Labute approximate surface area is 169 Å². The lowest BCUT2D eigenvalue weighted by atomic mass is 9.44. The second-order valence-corrected chi connectivity index (χ2v) is 11.3. The van der Waals surface area contributed by atoms with Gasteiger partial charge in [-0.25, -0.2) is 0 Å². The third-order valence-corrected chi connectivity index (χ3v) is 9.76. The molecule has 0 aromatic rings. The molecule has 0 aliphatic heterocycles. The van der Waals surface area contributed by atoms with Crippen LogP contribution in [0.2, 0.25) is 0 Å². The van der Waals surface area contributed by atoms with Gasteiger partial charge in [0.2, 0.25) is 0 Å². The van der Waals surface area contributed by atoms with E-state index >= 15 is 0 Å². The van der Waals surface area contributed by atoms with Gasteiger partial charge in [-0.05, 0) is 99.2 Å². The lowest BCUT2D eigenvalue weighted by Crippen LogP contribution is -2.55. The van der Waals surface area contributed by atoms with Crippen molar-refractivity contribution in [3.8, 4) is 0 Å². The van der Waals surface area contributed by atoms with Crippen LogP contribution in [-0.4, -0.2) is 29.1 Å². The highest BCUT2D eigenvalue weighted by molar-refractivity contribution is 5.85. The normalized spacial score (nSPS) is 50.2. The zero-order valence-corrected chi connectivity index (χ0v) is 18.1. The average molecular weight is 391 g/mol. The van der Waals surface area contributed by atoms with Crippen molar-refractivity contribution in [3.63, 3.8) is 0 Å². The minimum atomic E-state index is -0.484. The number of esters is 1. The molecule has 28 heavy (non-hydrogen) atoms. The third-order valence-electron chi connectivity index (χ3n) is 9.76. The van der Waals surface area contributed by atoms with E-state index in [1.54, 1.807) is 0 Å². The number of hydrogen-bond donors (Lipinski definition) is 1. The number of Topliss-reactive ketones (excluding diaryl/α,β-unsaturated/α-hetero) is 1. The van der Waals surface area contributed by atoms with Gasteiger partial charge >= 0.3 is 5.97 Å². The van der Waals surface area contributed by atoms with Crippen molar-refractivity contribution < 1.29 is 19.4 Å². The van der Waals surface area contributed by atoms with Crippen LogP contribution in [0.1, 0.15) is 85.5 Å². The molecule has 0 bridgehead atoms. The first kappa shape index (κ1) is 20.4. The summed E-state index contributed by atoms with van der Waals surface area (Å²) in [5, 5.41) is 10.6. The maximum Gasteiger partial charge on any atom is 0.303 e. The zero-order valence-electron chi connectivity index (χ0n) is 18.1. The van der Waals surface area contributed by atoms with Crippen LogP contribution in [0.3, 0.4) is 0 Å². The Morgan fingerprint density at radius 3 is 2.36 bits per heavy atom. The first-order chi connectivity index (χ1) is 13.1. The van der Waals surface area contributed by atoms with Gasteiger partial charge in [0.25, 0.3) is 0 Å². The summed E-state index contributed by atoms with van der Waals surface area (Å²) < 4.78 is 5.04. The summed E-state index contributed by atoms with van der Waals surface area (Å²) in [6.07, 6.45) is 9.94. The molecule has 4 nitrogen and oxygen atoms in total. The summed E-state index contributed by atoms with van der Waals surface area (Å²) >= 11 is 0. The smallest absolute Gasteiger partial charge is 0.303 e. The molecule has 0 aromatic heterocycles. The van der Waals surface area contributed by atoms with E-state index in [0.717, 1.165) is 50.4 Å². The SMILES string of the molecule is CC(=O)OCC(=O)[C@H]1CC[C@H]2[C@@H]3CCC4CC(C)(O)CC[C@]4(C)[C@H]3CC[C@]12C. The maximum absolute atomic E-state index is 12.8. The molecule has 4 rings (SSSR count). The van der Waals surface area contributed by atoms with Crippen molar-refractivity contribution in [1.29, 1.82) is 0 Å². The lowest BCUT2D eigenvalue weighted by Gasteiger charge is -2.61. The number of aliphatic hydroxyl groups is 1. The Bertz CT molecular complexity index is 655. The van der Waals surface area contributed by atoms with Gasteiger partial charge in [0.15, 0.2) is 5.78 Å². The summed E-state index contributed by atoms with van der Waals surface area (Å²) in [5.74, 6) is 2.54. The summed E-state index contributed by atoms with van der Waals surface area (Å²) in [4.78, 5) is 24.0. The fourth-order valence-corrected chi connectivity index (χ4v) is 8.23. The van der Waals surface area contributed by atoms with Gasteiger partial charge in [0.05, 0.1) is 5.60 Å². The molecule has 0 radical (unpaired) electrons. The van der Waals surface area contributed by atoms with Crippen LogP contribution in [0.25, 0.3) is 0 Å². The highest BCUT2D eigenvalue weighted by atomic mass is 16.5. The fraction of sp³-hybridized carbons (Fsp3) is 0.917. The van der Waals surface area contributed by atoms with Crippen molar-refractivity contribution in [1.82, 2.24) is 0 Å². The molecule has 2 unspecified atom stereocenters. The number of rotatable bonds is 3. The van der Waals surface area contributed by atoms with Gasteiger partial charge in [0, 0.05) is 12.8 Å². The summed E-state index contributed by atoms with van der Waals surface area (Å²) in [7, 11) is 0. The van der Waals surface area contributed by atoms with Gasteiger partial charge in [-0.15, -0.1) is 0 Å². The summed E-state index contributed by atoms with van der Waals surface area (Å²) in [6.45, 7) is 8.19. The van der Waals surface area contributed by atoms with Crippen LogP contribution in [-0.2, 0) is 14.3 Å². The van der Waals surface area contributed by atoms with E-state index in [-0.39, 0.29) is 29.7 Å². The topological polar surface area (TPSA) is 63.6 Å². The standard InChI is InChI=1S/C24H38O4/c1-15(25)28-14-21(26)20-8-7-18-17-6-5-16-13-22(2,27)11-12-23(16,3)19(17)9-10-24(18,20)4/h16-20,27H,5-14H2,1-4H3/t16?,17-,18-,19-,20+,22?,23-,24-/m0/s1. The van der Waals surface area contributed by atoms with E-state index in [1.165, 1.54) is 26.2 Å². The number of carbonyl (C=O) groups excluding carboxylic acids is 2. The molecule has 0 spiro atoms. The van der Waals surface area contributed by atoms with Gasteiger partial charge in [-0.2, -0.15) is 0 Å². The largest absolute Gasteiger partial charge is 0.458 e. The molecular weight excluding hydrogens is 352 g/mol. The number of ether oxygens (including phenoxy) is 1. The molecule has 4 aliphatic rings. The molecular formula is C24H38O4. The molecule has 4 heteroatoms. The Morgan fingerprint density at radius 1 is 0.929 bits per heavy atom. The molecule has 4 aliphatic carbocycles. The van der Waals surface area contributed by atoms with Crippen LogP contribution >= 0.6 is 0 Å². The van der Waals surface area contributed by atoms with Crippen LogP contribution in [0.15, 0.2) is 0 Å². The van der Waals surface area contributed by atoms with Gasteiger partial charge < -0.3 is 9.84 Å². The second kappa shape index (κ2) is 6.82. The Morgan fingerprint density at radius 2 is 1.64 bits per heavy atom. The van der Waals surface area contributed by atoms with E-state index in [1.807, 2.05) is 6.92 Å². The number of carbonyl (C=O) groups is 2. The minimum absolute atomic E-state index is 0.0503. The Kier molecular flexibility index (Phi) is 4.96. The number of ketones is 1. The second-order valence-electron chi connectivity index (χ2n) is 11.3. The van der Waals surface area contributed by atoms with Gasteiger partial charge in [-0.1, -0.05) is 13.8 Å². The van der Waals surface area contributed by atoms with Crippen LogP contribution in [0.4, 0.5) is 0 Å². The van der Waals surface area contributed by atoms with E-state index in [9.17, 15) is 14.7 Å². The monoisotopic (exact) mass is 390 g/mol. The highest BCUT2D eigenvalue weighted by Crippen LogP contribution is 2.68. The van der Waals surface area contributed by atoms with Crippen molar-refractivity contribution in [3.05, 3.63) is 0 Å². The van der Waals surface area contributed by atoms with Crippen LogP contribution < -0.4 is 0 Å². The average Bonchev–Trinajstić information content (AvgIpc) is 2.97. The predicted molar refractivity (Wildman–Crippen MR) is 107 cm³/mol. The van der Waals surface area contributed by atoms with E-state index in [0.29, 0.717) is 17.3 Å². The molecule has 8 atom stereocenters. The van der Waals surface area contributed by atoms with Crippen molar-refractivity contribution >= 4 is 11.8 Å². The van der Waals surface area contributed by atoms with Gasteiger partial charge in [-0.3, -0.25) is 9.59 Å². The lowest BCUT2D eigenvalue weighted by molar-refractivity contribution is -0.155. The molecule has 1 N–H and O–H groups in total. The third kappa shape index (κ3) is 3.14. The first-order valence-corrected chi connectivity index (χ1v) is 11.5. The van der Waals surface area contributed by atoms with E-state index < -0.39 is 5.60 Å². The molecule has 4 saturated carbocycles. The number of hydrogen-bond acceptors (Lipinski definition) is 4. The van der Waals surface area contributed by atoms with Crippen LogP contribution in [0, 0.1) is 40.4 Å². The van der Waals surface area contributed by atoms with Crippen LogP contribution in [0.5, 0.6) is 0 Å². The predicted octanol–water partition coefficient (Wildman–Crippen LogP) is 4.53. The van der Waals surface area contributed by atoms with Crippen molar-refractivity contribution in [2.24, 2.45) is 40.4 Å². The highest BCUT2D eigenvalue weighted by Gasteiger charge is 2.61. The number of fused-ring (bicyclic) bond motifs is 5. The molecule has 0 saturated heterocycles. The molecule has 158 valence electrons. The zero-order chi connectivity index (χ0) is 20.3. The summed E-state index contributed by atoms with van der Waals surface area (Å²) in [5.41, 5.74) is -0.0597. The molecule has 4 fully saturated rings. The Balaban J connectivity index is 1.52. The van der Waals surface area contributed by atoms with Crippen molar-refractivity contribution in [2.75, 3.05) is 6.61 Å². The Hall–Kier alpha value is -0.900. The molecule has 0 aromatic carbocycles. The maximum atomic E-state index is 12.8.